The predicted molar refractivity (Wildman–Crippen MR) is 44.8 cm³/mol. The Morgan fingerprint density at radius 2 is 1.67 bits per heavy atom. The van der Waals surface area contributed by atoms with Gasteiger partial charge in [-0.1, -0.05) is 0 Å². The van der Waals surface area contributed by atoms with E-state index in [9.17, 15) is 0 Å². The van der Waals surface area contributed by atoms with E-state index < -0.39 is 0 Å². The third kappa shape index (κ3) is 14.2. The fourth-order valence-electron chi connectivity index (χ4n) is 0.568. The van der Waals surface area contributed by atoms with Crippen molar-refractivity contribution < 1.29 is 67.7 Å². The first kappa shape index (κ1) is 16.1. The van der Waals surface area contributed by atoms with Crippen molar-refractivity contribution in [3.63, 3.8) is 0 Å². The summed E-state index contributed by atoms with van der Waals surface area (Å²) in [5.74, 6) is 0. The van der Waals surface area contributed by atoms with Crippen LogP contribution < -0.4 is 63.5 Å². The van der Waals surface area contributed by atoms with Crippen LogP contribution in [0.2, 0.25) is 0 Å². The van der Waals surface area contributed by atoms with E-state index in [0.717, 1.165) is 13.2 Å². The van der Waals surface area contributed by atoms with Gasteiger partial charge in [-0.3, -0.25) is 0 Å². The quantitative estimate of drug-likeness (QED) is 0.474. The molecule has 0 unspecified atom stereocenters. The first-order chi connectivity index (χ1) is 5.41. The van der Waals surface area contributed by atoms with Gasteiger partial charge < -0.3 is 20.5 Å². The maximum Gasteiger partial charge on any atom is 1.00 e. The van der Waals surface area contributed by atoms with Crippen molar-refractivity contribution in [1.82, 2.24) is 5.32 Å². The van der Waals surface area contributed by atoms with Crippen molar-refractivity contribution in [3.05, 3.63) is 5.73 Å². The van der Waals surface area contributed by atoms with Gasteiger partial charge >= 0.3 is 58.2 Å². The summed E-state index contributed by atoms with van der Waals surface area (Å²) < 4.78 is 10.2. The molecular weight excluding hydrogens is 230 g/mol. The van der Waals surface area contributed by atoms with Crippen LogP contribution in [0.4, 0.5) is 0 Å². The Balaban J connectivity index is 0. The van der Waals surface area contributed by atoms with Crippen molar-refractivity contribution in [2.45, 2.75) is 0 Å². The fourth-order valence-corrected chi connectivity index (χ4v) is 0.568. The molecule has 0 amide bonds. The van der Waals surface area contributed by atoms with E-state index in [-0.39, 0.29) is 58.2 Å². The third-order valence-corrected chi connectivity index (χ3v) is 1.11. The summed E-state index contributed by atoms with van der Waals surface area (Å²) >= 11 is 0. The second-order valence-corrected chi connectivity index (χ2v) is 2.08. The number of rotatable bonds is 8. The zero-order valence-electron chi connectivity index (χ0n) is 8.06. The van der Waals surface area contributed by atoms with E-state index in [1.54, 1.807) is 0 Å². The summed E-state index contributed by atoms with van der Waals surface area (Å²) in [7, 11) is 1.89. The molecule has 0 rings (SSSR count). The SMILES string of the molecule is CNCCOCCOCC[NH-].[Rb+]. The molecule has 0 aromatic heterocycles. The molecule has 0 aromatic rings. The second-order valence-electron chi connectivity index (χ2n) is 2.08. The van der Waals surface area contributed by atoms with Gasteiger partial charge in [0.15, 0.2) is 0 Å². The Kier molecular flexibility index (Phi) is 20.3. The average Bonchev–Trinajstić information content (AvgIpc) is 2.03. The molecule has 2 N–H and O–H groups in total. The molecule has 0 radical (unpaired) electrons. The van der Waals surface area contributed by atoms with E-state index in [2.05, 4.69) is 5.32 Å². The molecule has 0 aliphatic carbocycles. The average molecular weight is 247 g/mol. The molecule has 0 aliphatic heterocycles. The standard InChI is InChI=1S/C7H17N2O2.Rb/c1-9-3-5-11-7-6-10-4-2-8;/h8-9H,2-7H2,1H3;/q-1;+1. The zero-order chi connectivity index (χ0) is 8.36. The van der Waals surface area contributed by atoms with Gasteiger partial charge in [-0.05, 0) is 7.05 Å². The zero-order valence-corrected chi connectivity index (χ0v) is 13.0. The number of hydrogen-bond acceptors (Lipinski definition) is 3. The van der Waals surface area contributed by atoms with Crippen LogP contribution in [0.1, 0.15) is 0 Å². The van der Waals surface area contributed by atoms with Gasteiger partial charge in [0, 0.05) is 13.2 Å². The van der Waals surface area contributed by atoms with Gasteiger partial charge in [-0.15, -0.1) is 6.54 Å². The molecule has 0 heterocycles. The minimum absolute atomic E-state index is 0. The van der Waals surface area contributed by atoms with Gasteiger partial charge in [0.25, 0.3) is 0 Å². The first-order valence-electron chi connectivity index (χ1n) is 3.86. The molecule has 68 valence electrons. The van der Waals surface area contributed by atoms with Crippen LogP contribution in [0, 0.1) is 0 Å². The van der Waals surface area contributed by atoms with Gasteiger partial charge in [0.1, 0.15) is 0 Å². The molecule has 0 bridgehead atoms. The summed E-state index contributed by atoms with van der Waals surface area (Å²) in [6.45, 7) is 3.66. The van der Waals surface area contributed by atoms with E-state index in [0.29, 0.717) is 26.4 Å². The number of likely N-dealkylation sites (N-methyl/N-ethyl adjacent to an activating group) is 1. The molecular formula is C7H17N2O2Rb. The van der Waals surface area contributed by atoms with E-state index in [1.807, 2.05) is 7.05 Å². The van der Waals surface area contributed by atoms with Gasteiger partial charge in [0.2, 0.25) is 0 Å². The Labute approximate surface area is 123 Å². The smallest absolute Gasteiger partial charge is 0.676 e. The van der Waals surface area contributed by atoms with Crippen LogP contribution in [0.15, 0.2) is 0 Å². The summed E-state index contributed by atoms with van der Waals surface area (Å²) in [6, 6.07) is 0. The Morgan fingerprint density at radius 1 is 1.08 bits per heavy atom. The molecule has 12 heavy (non-hydrogen) atoms. The Bertz CT molecular complexity index is 68.4. The third-order valence-electron chi connectivity index (χ3n) is 1.11. The summed E-state index contributed by atoms with van der Waals surface area (Å²) in [6.07, 6.45) is 0. The van der Waals surface area contributed by atoms with Crippen LogP contribution in [-0.2, 0) is 9.47 Å². The fraction of sp³-hybridized carbons (Fsp3) is 1.00. The topological polar surface area (TPSA) is 54.3 Å². The monoisotopic (exact) mass is 246 g/mol. The van der Waals surface area contributed by atoms with Crippen LogP contribution in [0.25, 0.3) is 5.73 Å². The van der Waals surface area contributed by atoms with E-state index >= 15 is 0 Å². The van der Waals surface area contributed by atoms with Crippen molar-refractivity contribution >= 4 is 0 Å². The maximum atomic E-state index is 6.77. The van der Waals surface area contributed by atoms with Crippen LogP contribution in [0.5, 0.6) is 0 Å². The number of nitrogens with one attached hydrogen (secondary N) is 2. The Hall–Kier alpha value is 1.65. The predicted octanol–water partition coefficient (Wildman–Crippen LogP) is -2.70. The largest absolute Gasteiger partial charge is 1.00 e. The van der Waals surface area contributed by atoms with Crippen LogP contribution >= 0.6 is 0 Å². The molecule has 0 saturated heterocycles. The van der Waals surface area contributed by atoms with Gasteiger partial charge in [-0.25, -0.2) is 0 Å². The molecule has 0 spiro atoms. The number of hydrogen-bond donors (Lipinski definition) is 1. The van der Waals surface area contributed by atoms with Crippen LogP contribution in [0.3, 0.4) is 0 Å². The second kappa shape index (κ2) is 15.1. The Morgan fingerprint density at radius 3 is 2.17 bits per heavy atom. The van der Waals surface area contributed by atoms with E-state index in [4.69, 9.17) is 15.2 Å². The molecule has 0 saturated carbocycles. The van der Waals surface area contributed by atoms with Crippen molar-refractivity contribution in [3.8, 4) is 0 Å². The molecule has 4 nitrogen and oxygen atoms in total. The van der Waals surface area contributed by atoms with Crippen LogP contribution in [-0.4, -0.2) is 46.6 Å². The molecule has 0 fully saturated rings. The first-order valence-corrected chi connectivity index (χ1v) is 3.86. The summed E-state index contributed by atoms with van der Waals surface area (Å²) in [5, 5.41) is 2.97. The molecule has 0 atom stereocenters. The summed E-state index contributed by atoms with van der Waals surface area (Å²) in [4.78, 5) is 0. The molecule has 5 heteroatoms. The minimum Gasteiger partial charge on any atom is -0.676 e. The molecule has 0 aromatic carbocycles. The summed E-state index contributed by atoms with van der Waals surface area (Å²) in [5.41, 5.74) is 6.77. The van der Waals surface area contributed by atoms with Crippen molar-refractivity contribution in [2.75, 3.05) is 46.6 Å². The maximum absolute atomic E-state index is 6.77. The van der Waals surface area contributed by atoms with Crippen molar-refractivity contribution in [2.24, 2.45) is 0 Å². The molecule has 0 aliphatic rings. The number of ether oxygens (including phenoxy) is 2. The van der Waals surface area contributed by atoms with Crippen molar-refractivity contribution in [1.29, 1.82) is 0 Å². The van der Waals surface area contributed by atoms with Gasteiger partial charge in [-0.2, -0.15) is 0 Å². The van der Waals surface area contributed by atoms with Gasteiger partial charge in [0.05, 0.1) is 19.8 Å². The van der Waals surface area contributed by atoms with E-state index in [1.165, 1.54) is 0 Å². The normalized spacial score (nSPS) is 9.50. The minimum atomic E-state index is 0.